The predicted molar refractivity (Wildman–Crippen MR) is 58.2 cm³/mol. The van der Waals surface area contributed by atoms with Gasteiger partial charge >= 0.3 is 0 Å². The Morgan fingerprint density at radius 1 is 1.50 bits per heavy atom. The highest BCUT2D eigenvalue weighted by Crippen LogP contribution is 2.08. The van der Waals surface area contributed by atoms with Crippen LogP contribution in [-0.4, -0.2) is 37.0 Å². The van der Waals surface area contributed by atoms with Crippen LogP contribution in [0.2, 0.25) is 0 Å². The molecule has 1 atom stereocenters. The summed E-state index contributed by atoms with van der Waals surface area (Å²) < 4.78 is 0. The first kappa shape index (κ1) is 11.5. The molecule has 1 fully saturated rings. The Morgan fingerprint density at radius 3 is 2.86 bits per heavy atom. The number of nitrogens with zero attached hydrogens (tertiary/aromatic N) is 1. The molecule has 0 bridgehead atoms. The third kappa shape index (κ3) is 3.29. The van der Waals surface area contributed by atoms with Crippen molar-refractivity contribution in [1.82, 2.24) is 10.2 Å². The quantitative estimate of drug-likeness (QED) is 0.677. The van der Waals surface area contributed by atoms with Gasteiger partial charge in [-0.3, -0.25) is 4.79 Å². The van der Waals surface area contributed by atoms with Crippen LogP contribution < -0.4 is 5.32 Å². The van der Waals surface area contributed by atoms with Crippen LogP contribution in [0, 0.1) is 0 Å². The highest BCUT2D eigenvalue weighted by atomic mass is 16.2. The largest absolute Gasteiger partial charge is 0.344 e. The van der Waals surface area contributed by atoms with Gasteiger partial charge in [-0.25, -0.2) is 0 Å². The van der Waals surface area contributed by atoms with E-state index >= 15 is 0 Å². The zero-order valence-corrected chi connectivity index (χ0v) is 9.38. The van der Waals surface area contributed by atoms with E-state index in [0.717, 1.165) is 32.4 Å². The molecular formula is C11H22N2O. The number of unbranched alkanes of at least 4 members (excludes halogenated alkanes) is 2. The average molecular weight is 198 g/mol. The average Bonchev–Trinajstić information content (AvgIpc) is 2.69. The summed E-state index contributed by atoms with van der Waals surface area (Å²) in [7, 11) is 1.91. The number of likely N-dealkylation sites (N-methyl/N-ethyl adjacent to an activating group) is 1. The maximum absolute atomic E-state index is 11.8. The van der Waals surface area contributed by atoms with E-state index in [1.807, 2.05) is 11.9 Å². The Balaban J connectivity index is 2.21. The summed E-state index contributed by atoms with van der Waals surface area (Å²) in [5.74, 6) is 0.276. The van der Waals surface area contributed by atoms with E-state index in [0.29, 0.717) is 0 Å². The monoisotopic (exact) mass is 198 g/mol. The van der Waals surface area contributed by atoms with Gasteiger partial charge in [0.05, 0.1) is 6.04 Å². The van der Waals surface area contributed by atoms with Crippen LogP contribution in [0.15, 0.2) is 0 Å². The van der Waals surface area contributed by atoms with E-state index in [1.54, 1.807) is 0 Å². The first-order valence-corrected chi connectivity index (χ1v) is 5.74. The van der Waals surface area contributed by atoms with E-state index in [4.69, 9.17) is 0 Å². The maximum Gasteiger partial charge on any atom is 0.239 e. The molecule has 1 rings (SSSR count). The maximum atomic E-state index is 11.8. The minimum absolute atomic E-state index is 0.0987. The van der Waals surface area contributed by atoms with Gasteiger partial charge < -0.3 is 10.2 Å². The smallest absolute Gasteiger partial charge is 0.239 e. The molecule has 0 unspecified atom stereocenters. The van der Waals surface area contributed by atoms with Gasteiger partial charge in [-0.05, 0) is 25.8 Å². The van der Waals surface area contributed by atoms with Crippen molar-refractivity contribution in [3.8, 4) is 0 Å². The van der Waals surface area contributed by atoms with Gasteiger partial charge in [0.15, 0.2) is 0 Å². The zero-order valence-electron chi connectivity index (χ0n) is 9.38. The van der Waals surface area contributed by atoms with Gasteiger partial charge in [-0.1, -0.05) is 19.8 Å². The van der Waals surface area contributed by atoms with Crippen LogP contribution in [-0.2, 0) is 4.79 Å². The van der Waals surface area contributed by atoms with Gasteiger partial charge in [-0.2, -0.15) is 0 Å². The standard InChI is InChI=1S/C11H22N2O/c1-3-4-5-9-13(2)11(14)10-7-6-8-12-10/h10,12H,3-9H2,1-2H3/t10-/m0/s1. The fourth-order valence-electron chi connectivity index (χ4n) is 1.87. The molecule has 1 saturated heterocycles. The molecule has 1 aliphatic heterocycles. The fourth-order valence-corrected chi connectivity index (χ4v) is 1.87. The summed E-state index contributed by atoms with van der Waals surface area (Å²) in [4.78, 5) is 13.7. The molecule has 1 N–H and O–H groups in total. The van der Waals surface area contributed by atoms with Crippen molar-refractivity contribution in [3.63, 3.8) is 0 Å². The molecule has 1 aliphatic rings. The van der Waals surface area contributed by atoms with Crippen LogP contribution in [0.1, 0.15) is 39.0 Å². The first-order valence-electron chi connectivity index (χ1n) is 5.74. The molecule has 1 heterocycles. The zero-order chi connectivity index (χ0) is 10.4. The van der Waals surface area contributed by atoms with Gasteiger partial charge in [0.25, 0.3) is 0 Å². The second-order valence-electron chi connectivity index (χ2n) is 4.12. The number of carbonyl (C=O) groups excluding carboxylic acids is 1. The van der Waals surface area contributed by atoms with Crippen LogP contribution in [0.5, 0.6) is 0 Å². The summed E-state index contributed by atoms with van der Waals surface area (Å²) in [6.07, 6.45) is 5.71. The van der Waals surface area contributed by atoms with E-state index in [-0.39, 0.29) is 11.9 Å². The minimum Gasteiger partial charge on any atom is -0.344 e. The van der Waals surface area contributed by atoms with Crippen LogP contribution >= 0.6 is 0 Å². The van der Waals surface area contributed by atoms with Gasteiger partial charge in [-0.15, -0.1) is 0 Å². The summed E-state index contributed by atoms with van der Waals surface area (Å²) in [6.45, 7) is 4.09. The topological polar surface area (TPSA) is 32.3 Å². The number of rotatable bonds is 5. The molecule has 0 saturated carbocycles. The van der Waals surface area contributed by atoms with Crippen LogP contribution in [0.25, 0.3) is 0 Å². The highest BCUT2D eigenvalue weighted by molar-refractivity contribution is 5.81. The Morgan fingerprint density at radius 2 is 2.29 bits per heavy atom. The summed E-state index contributed by atoms with van der Waals surface area (Å²) in [6, 6.07) is 0.0987. The normalized spacial score (nSPS) is 21.1. The van der Waals surface area contributed by atoms with E-state index < -0.39 is 0 Å². The number of carbonyl (C=O) groups is 1. The fraction of sp³-hybridized carbons (Fsp3) is 0.909. The lowest BCUT2D eigenvalue weighted by Gasteiger charge is -2.20. The lowest BCUT2D eigenvalue weighted by molar-refractivity contribution is -0.131. The SMILES string of the molecule is CCCCCN(C)C(=O)[C@@H]1CCCN1. The predicted octanol–water partition coefficient (Wildman–Crippen LogP) is 1.39. The highest BCUT2D eigenvalue weighted by Gasteiger charge is 2.24. The van der Waals surface area contributed by atoms with E-state index in [1.165, 1.54) is 12.8 Å². The summed E-state index contributed by atoms with van der Waals surface area (Å²) in [5.41, 5.74) is 0. The number of nitrogens with one attached hydrogen (secondary N) is 1. The Bertz CT molecular complexity index is 176. The van der Waals surface area contributed by atoms with Crippen molar-refractivity contribution in [2.75, 3.05) is 20.1 Å². The Labute approximate surface area is 86.9 Å². The molecular weight excluding hydrogens is 176 g/mol. The van der Waals surface area contributed by atoms with Crippen molar-refractivity contribution in [2.45, 2.75) is 45.1 Å². The second-order valence-corrected chi connectivity index (χ2v) is 4.12. The second kappa shape index (κ2) is 6.02. The molecule has 3 nitrogen and oxygen atoms in total. The van der Waals surface area contributed by atoms with Crippen LogP contribution in [0.3, 0.4) is 0 Å². The number of amides is 1. The van der Waals surface area contributed by atoms with Crippen LogP contribution in [0.4, 0.5) is 0 Å². The van der Waals surface area contributed by atoms with Crippen molar-refractivity contribution in [3.05, 3.63) is 0 Å². The molecule has 0 aromatic rings. The van der Waals surface area contributed by atoms with Crippen molar-refractivity contribution >= 4 is 5.91 Å². The summed E-state index contributed by atoms with van der Waals surface area (Å²) in [5, 5.41) is 3.24. The molecule has 0 aromatic heterocycles. The van der Waals surface area contributed by atoms with Crippen molar-refractivity contribution in [1.29, 1.82) is 0 Å². The Hall–Kier alpha value is -0.570. The van der Waals surface area contributed by atoms with Gasteiger partial charge in [0, 0.05) is 13.6 Å². The molecule has 1 amide bonds. The van der Waals surface area contributed by atoms with Crippen molar-refractivity contribution < 1.29 is 4.79 Å². The first-order chi connectivity index (χ1) is 6.75. The third-order valence-corrected chi connectivity index (χ3v) is 2.83. The third-order valence-electron chi connectivity index (χ3n) is 2.83. The molecule has 3 heteroatoms. The van der Waals surface area contributed by atoms with Gasteiger partial charge in [0.2, 0.25) is 5.91 Å². The summed E-state index contributed by atoms with van der Waals surface area (Å²) >= 11 is 0. The molecule has 0 aromatic carbocycles. The minimum atomic E-state index is 0.0987. The van der Waals surface area contributed by atoms with E-state index in [2.05, 4.69) is 12.2 Å². The van der Waals surface area contributed by atoms with Crippen molar-refractivity contribution in [2.24, 2.45) is 0 Å². The number of hydrogen-bond acceptors (Lipinski definition) is 2. The molecule has 0 aliphatic carbocycles. The Kier molecular flexibility index (Phi) is 4.94. The van der Waals surface area contributed by atoms with E-state index in [9.17, 15) is 4.79 Å². The molecule has 14 heavy (non-hydrogen) atoms. The lowest BCUT2D eigenvalue weighted by atomic mass is 10.2. The lowest BCUT2D eigenvalue weighted by Crippen LogP contribution is -2.41. The molecule has 0 spiro atoms. The molecule has 0 radical (unpaired) electrons. The van der Waals surface area contributed by atoms with Gasteiger partial charge in [0.1, 0.15) is 0 Å². The number of hydrogen-bond donors (Lipinski definition) is 1. The molecule has 82 valence electrons.